The van der Waals surface area contributed by atoms with Crippen molar-refractivity contribution in [1.82, 2.24) is 5.32 Å². The SMILES string of the molecule is COc1cccc(CNC(=S)c2cccc(Cl)c2)c1. The number of hydrogen-bond acceptors (Lipinski definition) is 2. The molecule has 0 atom stereocenters. The van der Waals surface area contributed by atoms with Crippen molar-refractivity contribution in [3.05, 3.63) is 64.7 Å². The first-order valence-electron chi connectivity index (χ1n) is 5.86. The number of thiocarbonyl (C=S) groups is 1. The summed E-state index contributed by atoms with van der Waals surface area (Å²) in [6.45, 7) is 0.655. The highest BCUT2D eigenvalue weighted by Crippen LogP contribution is 2.13. The van der Waals surface area contributed by atoms with Gasteiger partial charge in [-0.2, -0.15) is 0 Å². The van der Waals surface area contributed by atoms with Crippen LogP contribution in [-0.2, 0) is 6.54 Å². The summed E-state index contributed by atoms with van der Waals surface area (Å²) in [6, 6.07) is 15.4. The Balaban J connectivity index is 2.00. The molecule has 1 N–H and O–H groups in total. The van der Waals surface area contributed by atoms with Crippen LogP contribution in [0.5, 0.6) is 5.75 Å². The van der Waals surface area contributed by atoms with Crippen molar-refractivity contribution in [2.75, 3.05) is 7.11 Å². The Morgan fingerprint density at radius 3 is 2.74 bits per heavy atom. The quantitative estimate of drug-likeness (QED) is 0.866. The molecule has 0 amide bonds. The molecule has 0 aromatic heterocycles. The lowest BCUT2D eigenvalue weighted by Crippen LogP contribution is -2.21. The van der Waals surface area contributed by atoms with Crippen molar-refractivity contribution in [3.63, 3.8) is 0 Å². The lowest BCUT2D eigenvalue weighted by atomic mass is 10.2. The van der Waals surface area contributed by atoms with E-state index in [1.165, 1.54) is 0 Å². The van der Waals surface area contributed by atoms with Crippen LogP contribution < -0.4 is 10.1 Å². The van der Waals surface area contributed by atoms with E-state index in [0.29, 0.717) is 16.6 Å². The number of rotatable bonds is 4. The van der Waals surface area contributed by atoms with E-state index in [9.17, 15) is 0 Å². The van der Waals surface area contributed by atoms with Crippen molar-refractivity contribution in [3.8, 4) is 5.75 Å². The van der Waals surface area contributed by atoms with Crippen molar-refractivity contribution >= 4 is 28.8 Å². The van der Waals surface area contributed by atoms with Gasteiger partial charge in [-0.05, 0) is 29.8 Å². The van der Waals surface area contributed by atoms with E-state index in [-0.39, 0.29) is 0 Å². The molecule has 0 bridgehead atoms. The average Bonchev–Trinajstić information content (AvgIpc) is 2.45. The predicted octanol–water partition coefficient (Wildman–Crippen LogP) is 3.81. The van der Waals surface area contributed by atoms with Gasteiger partial charge < -0.3 is 10.1 Å². The number of halogens is 1. The molecule has 0 radical (unpaired) electrons. The Morgan fingerprint density at radius 2 is 2.00 bits per heavy atom. The molecule has 19 heavy (non-hydrogen) atoms. The van der Waals surface area contributed by atoms with Gasteiger partial charge in [0.25, 0.3) is 0 Å². The number of methoxy groups -OCH3 is 1. The summed E-state index contributed by atoms with van der Waals surface area (Å²) in [5.41, 5.74) is 2.04. The largest absolute Gasteiger partial charge is 0.497 e. The van der Waals surface area contributed by atoms with Gasteiger partial charge in [-0.15, -0.1) is 0 Å². The molecule has 0 unspecified atom stereocenters. The molecule has 0 saturated carbocycles. The minimum atomic E-state index is 0.655. The molecule has 98 valence electrons. The summed E-state index contributed by atoms with van der Waals surface area (Å²) in [5, 5.41) is 3.89. The van der Waals surface area contributed by atoms with Crippen molar-refractivity contribution in [2.24, 2.45) is 0 Å². The second-order valence-corrected chi connectivity index (χ2v) is 4.89. The Hall–Kier alpha value is -1.58. The fourth-order valence-electron chi connectivity index (χ4n) is 1.70. The second-order valence-electron chi connectivity index (χ2n) is 4.04. The molecule has 0 fully saturated rings. The third-order valence-corrected chi connectivity index (χ3v) is 3.29. The van der Waals surface area contributed by atoms with Crippen LogP contribution in [0.15, 0.2) is 48.5 Å². The van der Waals surface area contributed by atoms with Gasteiger partial charge in [0.2, 0.25) is 0 Å². The van der Waals surface area contributed by atoms with Crippen molar-refractivity contribution < 1.29 is 4.74 Å². The second kappa shape index (κ2) is 6.55. The van der Waals surface area contributed by atoms with Crippen LogP contribution in [0.2, 0.25) is 5.02 Å². The Bertz CT molecular complexity index is 586. The van der Waals surface area contributed by atoms with E-state index in [1.54, 1.807) is 7.11 Å². The van der Waals surface area contributed by atoms with Gasteiger partial charge >= 0.3 is 0 Å². The highest BCUT2D eigenvalue weighted by molar-refractivity contribution is 7.80. The zero-order valence-electron chi connectivity index (χ0n) is 10.5. The van der Waals surface area contributed by atoms with Gasteiger partial charge in [0, 0.05) is 17.1 Å². The molecule has 0 saturated heterocycles. The first-order chi connectivity index (χ1) is 9.19. The number of benzene rings is 2. The van der Waals surface area contributed by atoms with Crippen LogP contribution in [0, 0.1) is 0 Å². The molecule has 0 aliphatic carbocycles. The maximum Gasteiger partial charge on any atom is 0.119 e. The molecule has 2 nitrogen and oxygen atoms in total. The smallest absolute Gasteiger partial charge is 0.119 e. The fourth-order valence-corrected chi connectivity index (χ4v) is 2.09. The number of ether oxygens (including phenoxy) is 1. The molecule has 2 rings (SSSR count). The van der Waals surface area contributed by atoms with Crippen LogP contribution in [0.3, 0.4) is 0 Å². The van der Waals surface area contributed by atoms with Crippen LogP contribution in [0.1, 0.15) is 11.1 Å². The molecule has 4 heteroatoms. The van der Waals surface area contributed by atoms with Crippen molar-refractivity contribution in [1.29, 1.82) is 0 Å². The third kappa shape index (κ3) is 3.94. The Labute approximate surface area is 123 Å². The number of hydrogen-bond donors (Lipinski definition) is 1. The molecule has 0 spiro atoms. The minimum Gasteiger partial charge on any atom is -0.497 e. The molecule has 0 heterocycles. The topological polar surface area (TPSA) is 21.3 Å². The van der Waals surface area contributed by atoms with Gasteiger partial charge in [0.1, 0.15) is 10.7 Å². The summed E-state index contributed by atoms with van der Waals surface area (Å²) in [5.74, 6) is 0.841. The average molecular weight is 292 g/mol. The summed E-state index contributed by atoms with van der Waals surface area (Å²) < 4.78 is 5.18. The van der Waals surface area contributed by atoms with E-state index in [0.717, 1.165) is 16.9 Å². The van der Waals surface area contributed by atoms with E-state index < -0.39 is 0 Å². The lowest BCUT2D eigenvalue weighted by molar-refractivity contribution is 0.414. The maximum atomic E-state index is 5.94. The maximum absolute atomic E-state index is 5.94. The lowest BCUT2D eigenvalue weighted by Gasteiger charge is -2.09. The van der Waals surface area contributed by atoms with Gasteiger partial charge in [0.05, 0.1) is 7.11 Å². The molecule has 0 aliphatic heterocycles. The first kappa shape index (κ1) is 13.8. The summed E-state index contributed by atoms with van der Waals surface area (Å²) in [6.07, 6.45) is 0. The zero-order valence-corrected chi connectivity index (χ0v) is 12.1. The first-order valence-corrected chi connectivity index (χ1v) is 6.64. The minimum absolute atomic E-state index is 0.655. The van der Waals surface area contributed by atoms with E-state index in [2.05, 4.69) is 5.32 Å². The van der Waals surface area contributed by atoms with Crippen LogP contribution in [0.4, 0.5) is 0 Å². The molecule has 2 aromatic carbocycles. The monoisotopic (exact) mass is 291 g/mol. The Kier molecular flexibility index (Phi) is 4.77. The summed E-state index contributed by atoms with van der Waals surface area (Å²) in [4.78, 5) is 0.685. The van der Waals surface area contributed by atoms with Crippen LogP contribution in [0.25, 0.3) is 0 Å². The normalized spacial score (nSPS) is 10.0. The standard InChI is InChI=1S/C15H14ClNOS/c1-18-14-7-2-4-11(8-14)10-17-15(19)12-5-3-6-13(16)9-12/h2-9H,10H2,1H3,(H,17,19). The molecule has 0 aliphatic rings. The zero-order chi connectivity index (χ0) is 13.7. The molecule has 2 aromatic rings. The van der Waals surface area contributed by atoms with E-state index >= 15 is 0 Å². The van der Waals surface area contributed by atoms with Crippen molar-refractivity contribution in [2.45, 2.75) is 6.54 Å². The van der Waals surface area contributed by atoms with Gasteiger partial charge in [-0.1, -0.05) is 48.1 Å². The molecular formula is C15H14ClNOS. The van der Waals surface area contributed by atoms with Gasteiger partial charge in [0.15, 0.2) is 0 Å². The Morgan fingerprint density at radius 1 is 1.21 bits per heavy atom. The summed E-state index contributed by atoms with van der Waals surface area (Å²) in [7, 11) is 1.66. The highest BCUT2D eigenvalue weighted by Gasteiger charge is 2.02. The summed E-state index contributed by atoms with van der Waals surface area (Å²) >= 11 is 11.3. The van der Waals surface area contributed by atoms with E-state index in [1.807, 2.05) is 48.5 Å². The van der Waals surface area contributed by atoms with Gasteiger partial charge in [-0.25, -0.2) is 0 Å². The van der Waals surface area contributed by atoms with Crippen LogP contribution >= 0.6 is 23.8 Å². The van der Waals surface area contributed by atoms with Crippen LogP contribution in [-0.4, -0.2) is 12.1 Å². The number of nitrogens with one attached hydrogen (secondary N) is 1. The molecular weight excluding hydrogens is 278 g/mol. The van der Waals surface area contributed by atoms with E-state index in [4.69, 9.17) is 28.6 Å². The predicted molar refractivity (Wildman–Crippen MR) is 83.0 cm³/mol. The highest BCUT2D eigenvalue weighted by atomic mass is 35.5. The van der Waals surface area contributed by atoms with Gasteiger partial charge in [-0.3, -0.25) is 0 Å². The third-order valence-electron chi connectivity index (χ3n) is 2.67. The fraction of sp³-hybridized carbons (Fsp3) is 0.133.